The Morgan fingerprint density at radius 2 is 1.78 bits per heavy atom. The van der Waals surface area contributed by atoms with Crippen LogP contribution in [0, 0.1) is 0 Å². The van der Waals surface area contributed by atoms with E-state index in [0.29, 0.717) is 11.0 Å². The Hall–Kier alpha value is -1.59. The molecule has 1 heterocycles. The van der Waals surface area contributed by atoms with Gasteiger partial charge in [-0.2, -0.15) is 30.4 Å². The quantitative estimate of drug-likeness (QED) is 0.426. The zero-order valence-electron chi connectivity index (χ0n) is 12.3. The van der Waals surface area contributed by atoms with Crippen molar-refractivity contribution in [3.8, 4) is 0 Å². The van der Waals surface area contributed by atoms with Gasteiger partial charge in [0.15, 0.2) is 5.76 Å². The SMILES string of the molecule is CC(C)(C)OC(=O)N1CC=C(OS(=O)(=O)C(F)(F)F)C(F)(F)C1. The molecule has 0 spiro atoms. The molecule has 0 bridgehead atoms. The molecule has 12 heteroatoms. The molecule has 6 nitrogen and oxygen atoms in total. The van der Waals surface area contributed by atoms with Crippen LogP contribution in [0.4, 0.5) is 26.7 Å². The summed E-state index contributed by atoms with van der Waals surface area (Å²) in [6.07, 6.45) is -0.734. The third-order valence-corrected chi connectivity index (χ3v) is 3.35. The molecule has 0 saturated carbocycles. The van der Waals surface area contributed by atoms with Crippen LogP contribution < -0.4 is 0 Å². The van der Waals surface area contributed by atoms with Gasteiger partial charge in [-0.15, -0.1) is 0 Å². The van der Waals surface area contributed by atoms with Gasteiger partial charge in [-0.1, -0.05) is 0 Å². The zero-order chi connectivity index (χ0) is 18.3. The van der Waals surface area contributed by atoms with Crippen molar-refractivity contribution in [2.45, 2.75) is 37.8 Å². The molecule has 0 fully saturated rings. The van der Waals surface area contributed by atoms with Crippen molar-refractivity contribution in [3.05, 3.63) is 11.8 Å². The second-order valence-electron chi connectivity index (χ2n) is 5.62. The molecule has 0 atom stereocenters. The third-order valence-electron chi connectivity index (χ3n) is 2.38. The molecular formula is C11H14F5NO5S. The average molecular weight is 367 g/mol. The summed E-state index contributed by atoms with van der Waals surface area (Å²) in [6, 6.07) is 0. The lowest BCUT2D eigenvalue weighted by Crippen LogP contribution is -2.48. The maximum absolute atomic E-state index is 13.8. The Labute approximate surface area is 129 Å². The first-order chi connectivity index (χ1) is 10.1. The molecule has 0 radical (unpaired) electrons. The minimum atomic E-state index is -6.22. The summed E-state index contributed by atoms with van der Waals surface area (Å²) in [4.78, 5) is 12.2. The molecule has 0 unspecified atom stereocenters. The van der Waals surface area contributed by atoms with Gasteiger partial charge in [0.25, 0.3) is 0 Å². The lowest BCUT2D eigenvalue weighted by Gasteiger charge is -2.33. The Morgan fingerprint density at radius 3 is 2.17 bits per heavy atom. The highest BCUT2D eigenvalue weighted by Crippen LogP contribution is 2.35. The normalized spacial score (nSPS) is 19.1. The molecule has 0 aromatic carbocycles. The van der Waals surface area contributed by atoms with Crippen molar-refractivity contribution in [1.82, 2.24) is 4.90 Å². The predicted octanol–water partition coefficient (Wildman–Crippen LogP) is 2.62. The number of carbonyl (C=O) groups excluding carboxylic acids is 1. The van der Waals surface area contributed by atoms with Crippen molar-refractivity contribution in [3.63, 3.8) is 0 Å². The van der Waals surface area contributed by atoms with E-state index < -0.39 is 52.1 Å². The molecule has 1 amide bonds. The Kier molecular flexibility index (Phi) is 4.91. The van der Waals surface area contributed by atoms with E-state index in [-0.39, 0.29) is 0 Å². The highest BCUT2D eigenvalue weighted by atomic mass is 32.2. The summed E-state index contributed by atoms with van der Waals surface area (Å²) in [7, 11) is -6.22. The van der Waals surface area contributed by atoms with Crippen LogP contribution in [0.5, 0.6) is 0 Å². The first kappa shape index (κ1) is 19.5. The number of alkyl halides is 5. The number of hydrogen-bond acceptors (Lipinski definition) is 5. The van der Waals surface area contributed by atoms with Gasteiger partial charge >= 0.3 is 27.6 Å². The topological polar surface area (TPSA) is 72.9 Å². The number of rotatable bonds is 2. The molecule has 1 rings (SSSR count). The maximum Gasteiger partial charge on any atom is 0.534 e. The molecule has 0 saturated heterocycles. The van der Waals surface area contributed by atoms with E-state index in [9.17, 15) is 35.2 Å². The second-order valence-corrected chi connectivity index (χ2v) is 7.15. The van der Waals surface area contributed by atoms with Crippen LogP contribution in [0.15, 0.2) is 11.8 Å². The smallest absolute Gasteiger partial charge is 0.444 e. The molecular weight excluding hydrogens is 353 g/mol. The fourth-order valence-electron chi connectivity index (χ4n) is 1.45. The van der Waals surface area contributed by atoms with Crippen LogP contribution in [-0.2, 0) is 19.0 Å². The highest BCUT2D eigenvalue weighted by molar-refractivity contribution is 7.87. The highest BCUT2D eigenvalue weighted by Gasteiger charge is 2.53. The summed E-state index contributed by atoms with van der Waals surface area (Å²) in [5, 5.41) is 0. The van der Waals surface area contributed by atoms with Gasteiger partial charge in [-0.25, -0.2) is 4.79 Å². The molecule has 23 heavy (non-hydrogen) atoms. The van der Waals surface area contributed by atoms with E-state index in [1.54, 1.807) is 0 Å². The summed E-state index contributed by atoms with van der Waals surface area (Å²) >= 11 is 0. The zero-order valence-corrected chi connectivity index (χ0v) is 13.1. The number of hydrogen-bond donors (Lipinski definition) is 0. The minimum absolute atomic E-state index is 0.386. The average Bonchev–Trinajstić information content (AvgIpc) is 2.27. The third kappa shape index (κ3) is 4.94. The predicted molar refractivity (Wildman–Crippen MR) is 66.9 cm³/mol. The molecule has 0 aromatic rings. The fourth-order valence-corrected chi connectivity index (χ4v) is 1.97. The van der Waals surface area contributed by atoms with Gasteiger partial charge in [-0.05, 0) is 26.8 Å². The van der Waals surface area contributed by atoms with E-state index in [0.717, 1.165) is 0 Å². The summed E-state index contributed by atoms with van der Waals surface area (Å²) in [5.74, 6) is -5.80. The van der Waals surface area contributed by atoms with E-state index in [2.05, 4.69) is 4.18 Å². The fraction of sp³-hybridized carbons (Fsp3) is 0.727. The number of nitrogens with zero attached hydrogens (tertiary/aromatic N) is 1. The lowest BCUT2D eigenvalue weighted by molar-refractivity contribution is -0.0652. The second kappa shape index (κ2) is 5.80. The van der Waals surface area contributed by atoms with Gasteiger partial charge < -0.3 is 8.92 Å². The van der Waals surface area contributed by atoms with Crippen molar-refractivity contribution < 1.29 is 44.1 Å². The minimum Gasteiger partial charge on any atom is -0.444 e. The Morgan fingerprint density at radius 1 is 1.26 bits per heavy atom. The number of halogens is 5. The van der Waals surface area contributed by atoms with E-state index in [1.165, 1.54) is 20.8 Å². The van der Waals surface area contributed by atoms with Crippen molar-refractivity contribution >= 4 is 16.2 Å². The van der Waals surface area contributed by atoms with E-state index in [1.807, 2.05) is 0 Å². The first-order valence-electron chi connectivity index (χ1n) is 6.12. The summed E-state index contributed by atoms with van der Waals surface area (Å²) in [5.41, 5.74) is -6.81. The number of ether oxygens (including phenoxy) is 1. The largest absolute Gasteiger partial charge is 0.534 e. The molecule has 0 aromatic heterocycles. The van der Waals surface area contributed by atoms with Gasteiger partial charge in [0.1, 0.15) is 5.60 Å². The van der Waals surface area contributed by atoms with Crippen LogP contribution in [-0.4, -0.2) is 49.5 Å². The standard InChI is InChI=1S/C11H14F5NO5S/c1-9(2,3)21-8(18)17-5-4-7(10(12,13)6-17)22-23(19,20)11(14,15)16/h4H,5-6H2,1-3H3. The van der Waals surface area contributed by atoms with Gasteiger partial charge in [0, 0.05) is 6.54 Å². The number of carbonyl (C=O) groups is 1. The monoisotopic (exact) mass is 367 g/mol. The van der Waals surface area contributed by atoms with Crippen LogP contribution in [0.1, 0.15) is 20.8 Å². The van der Waals surface area contributed by atoms with Gasteiger partial charge in [-0.3, -0.25) is 4.90 Å². The summed E-state index contributed by atoms with van der Waals surface area (Å²) < 4.78 is 93.9. The molecule has 0 aliphatic carbocycles. The van der Waals surface area contributed by atoms with E-state index in [4.69, 9.17) is 4.74 Å². The molecule has 1 aliphatic heterocycles. The molecule has 0 N–H and O–H groups in total. The summed E-state index contributed by atoms with van der Waals surface area (Å²) in [6.45, 7) is 2.52. The van der Waals surface area contributed by atoms with Crippen LogP contribution in [0.25, 0.3) is 0 Å². The van der Waals surface area contributed by atoms with Gasteiger partial charge in [0.2, 0.25) is 0 Å². The van der Waals surface area contributed by atoms with E-state index >= 15 is 0 Å². The van der Waals surface area contributed by atoms with Crippen LogP contribution in [0.3, 0.4) is 0 Å². The van der Waals surface area contributed by atoms with Crippen LogP contribution >= 0.6 is 0 Å². The van der Waals surface area contributed by atoms with Crippen molar-refractivity contribution in [2.75, 3.05) is 13.1 Å². The molecule has 1 aliphatic rings. The lowest BCUT2D eigenvalue weighted by atomic mass is 10.2. The molecule has 134 valence electrons. The Balaban J connectivity index is 2.94. The van der Waals surface area contributed by atoms with Crippen LogP contribution in [0.2, 0.25) is 0 Å². The first-order valence-corrected chi connectivity index (χ1v) is 7.53. The maximum atomic E-state index is 13.8. The van der Waals surface area contributed by atoms with Crippen molar-refractivity contribution in [1.29, 1.82) is 0 Å². The number of amides is 1. The Bertz CT molecular complexity index is 605. The van der Waals surface area contributed by atoms with Crippen molar-refractivity contribution in [2.24, 2.45) is 0 Å². The van der Waals surface area contributed by atoms with Gasteiger partial charge in [0.05, 0.1) is 6.54 Å².